The molecule has 1 aliphatic carbocycles. The fourth-order valence-electron chi connectivity index (χ4n) is 1.89. The molecule has 1 heterocycles. The van der Waals surface area contributed by atoms with Gasteiger partial charge in [-0.15, -0.1) is 11.3 Å². The Morgan fingerprint density at radius 3 is 2.56 bits per heavy atom. The molecule has 18 heavy (non-hydrogen) atoms. The second-order valence-electron chi connectivity index (χ2n) is 3.82. The Bertz CT molecular complexity index is 801. The number of carbonyl (C=O) groups is 2. The first-order chi connectivity index (χ1) is 8.59. The average Bonchev–Trinajstić information content (AvgIpc) is 2.36. The van der Waals surface area contributed by atoms with Crippen LogP contribution in [0.3, 0.4) is 0 Å². The molecule has 0 fully saturated rings. The van der Waals surface area contributed by atoms with E-state index in [1.807, 2.05) is 0 Å². The molecule has 0 saturated carbocycles. The lowest BCUT2D eigenvalue weighted by Crippen LogP contribution is -2.23. The van der Waals surface area contributed by atoms with Crippen LogP contribution in [0.15, 0.2) is 40.2 Å². The van der Waals surface area contributed by atoms with Crippen molar-refractivity contribution >= 4 is 44.6 Å². The molecule has 0 unspecified atom stereocenters. The number of ketones is 2. The third kappa shape index (κ3) is 1.46. The van der Waals surface area contributed by atoms with Crippen LogP contribution in [0.4, 0.5) is 0 Å². The fourth-order valence-corrected chi connectivity index (χ4v) is 3.17. The van der Waals surface area contributed by atoms with Crippen LogP contribution in [-0.2, 0) is 0 Å². The van der Waals surface area contributed by atoms with Crippen LogP contribution in [0, 0.1) is 0 Å². The number of benzene rings is 1. The molecule has 0 bridgehead atoms. The first-order valence-electron chi connectivity index (χ1n) is 5.11. The van der Waals surface area contributed by atoms with Gasteiger partial charge in [-0.1, -0.05) is 23.7 Å². The summed E-state index contributed by atoms with van der Waals surface area (Å²) in [5.41, 5.74) is -0.528. The van der Waals surface area contributed by atoms with Crippen LogP contribution >= 0.6 is 22.9 Å². The van der Waals surface area contributed by atoms with Gasteiger partial charge in [-0.3, -0.25) is 14.4 Å². The standard InChI is InChI=1S/C13H5ClO3S/c14-7-5-8(15)13-10(12(7)17)11(16)6-3-1-2-4-9(6)18-13/h1-5H. The van der Waals surface area contributed by atoms with Gasteiger partial charge in [0.1, 0.15) is 0 Å². The fraction of sp³-hybridized carbons (Fsp3) is 0. The van der Waals surface area contributed by atoms with Crippen molar-refractivity contribution in [2.75, 3.05) is 0 Å². The van der Waals surface area contributed by atoms with Crippen molar-refractivity contribution in [1.29, 1.82) is 0 Å². The Labute approximate surface area is 110 Å². The number of carbonyl (C=O) groups excluding carboxylic acids is 2. The van der Waals surface area contributed by atoms with Crippen molar-refractivity contribution in [3.8, 4) is 0 Å². The monoisotopic (exact) mass is 276 g/mol. The van der Waals surface area contributed by atoms with Gasteiger partial charge in [-0.05, 0) is 12.1 Å². The summed E-state index contributed by atoms with van der Waals surface area (Å²) in [5.74, 6) is -0.958. The molecule has 0 amide bonds. The van der Waals surface area contributed by atoms with Crippen LogP contribution in [0.25, 0.3) is 10.1 Å². The third-order valence-electron chi connectivity index (χ3n) is 2.72. The number of rotatable bonds is 0. The lowest BCUT2D eigenvalue weighted by atomic mass is 10.0. The van der Waals surface area contributed by atoms with Gasteiger partial charge in [-0.2, -0.15) is 0 Å². The van der Waals surface area contributed by atoms with Crippen LogP contribution in [0.5, 0.6) is 0 Å². The summed E-state index contributed by atoms with van der Waals surface area (Å²) in [6, 6.07) is 6.88. The number of halogens is 1. The summed E-state index contributed by atoms with van der Waals surface area (Å²) in [7, 11) is 0. The Morgan fingerprint density at radius 1 is 1.06 bits per heavy atom. The summed E-state index contributed by atoms with van der Waals surface area (Å²) in [6.07, 6.45) is 1.07. The van der Waals surface area contributed by atoms with Gasteiger partial charge >= 0.3 is 0 Å². The van der Waals surface area contributed by atoms with E-state index in [2.05, 4.69) is 0 Å². The largest absolute Gasteiger partial charge is 0.288 e. The van der Waals surface area contributed by atoms with Gasteiger partial charge in [0, 0.05) is 16.2 Å². The first-order valence-corrected chi connectivity index (χ1v) is 6.31. The molecule has 1 aliphatic rings. The Hall–Kier alpha value is -1.78. The second-order valence-corrected chi connectivity index (χ2v) is 5.28. The zero-order chi connectivity index (χ0) is 12.9. The predicted octanol–water partition coefficient (Wildman–Crippen LogP) is 2.76. The molecule has 3 rings (SSSR count). The van der Waals surface area contributed by atoms with E-state index in [9.17, 15) is 14.4 Å². The highest BCUT2D eigenvalue weighted by atomic mass is 35.5. The maximum absolute atomic E-state index is 12.2. The van der Waals surface area contributed by atoms with Crippen molar-refractivity contribution in [1.82, 2.24) is 0 Å². The Morgan fingerprint density at radius 2 is 1.78 bits per heavy atom. The smallest absolute Gasteiger partial charge is 0.210 e. The minimum Gasteiger partial charge on any atom is -0.288 e. The number of fused-ring (bicyclic) bond motifs is 2. The van der Waals surface area contributed by atoms with Crippen molar-refractivity contribution in [2.45, 2.75) is 0 Å². The SMILES string of the molecule is O=C1C=C(Cl)C(=O)c2c1sc1ccccc1c2=O. The van der Waals surface area contributed by atoms with Crippen LogP contribution < -0.4 is 5.43 Å². The zero-order valence-electron chi connectivity index (χ0n) is 8.90. The lowest BCUT2D eigenvalue weighted by Gasteiger charge is -2.10. The van der Waals surface area contributed by atoms with Gasteiger partial charge < -0.3 is 0 Å². The molecule has 0 saturated heterocycles. The van der Waals surface area contributed by atoms with Crippen molar-refractivity contribution in [3.05, 3.63) is 56.0 Å². The first kappa shape index (κ1) is 11.3. The molecule has 1 aromatic carbocycles. The van der Waals surface area contributed by atoms with Crippen LogP contribution in [0.1, 0.15) is 20.0 Å². The van der Waals surface area contributed by atoms with E-state index in [0.717, 1.165) is 17.4 Å². The predicted molar refractivity (Wildman–Crippen MR) is 70.7 cm³/mol. The summed E-state index contributed by atoms with van der Waals surface area (Å²) >= 11 is 6.81. The molecular formula is C13H5ClO3S. The van der Waals surface area contributed by atoms with Crippen molar-refractivity contribution < 1.29 is 9.59 Å². The van der Waals surface area contributed by atoms with E-state index in [0.29, 0.717) is 10.1 Å². The minimum absolute atomic E-state index is 0.101. The van der Waals surface area contributed by atoms with Gasteiger partial charge in [0.05, 0.1) is 15.5 Å². The molecule has 2 aromatic rings. The summed E-state index contributed by atoms with van der Waals surface area (Å²) in [5, 5.41) is 0.237. The molecular weight excluding hydrogens is 272 g/mol. The van der Waals surface area contributed by atoms with Gasteiger partial charge in [0.25, 0.3) is 0 Å². The van der Waals surface area contributed by atoms with E-state index < -0.39 is 11.2 Å². The van der Waals surface area contributed by atoms with Gasteiger partial charge in [0.2, 0.25) is 5.78 Å². The Balaban J connectivity index is 2.51. The number of Topliss-reactive ketones (excluding diaryl/α,β-unsaturated/α-hetero) is 1. The maximum Gasteiger partial charge on any atom is 0.210 e. The van der Waals surface area contributed by atoms with E-state index in [1.54, 1.807) is 24.3 Å². The highest BCUT2D eigenvalue weighted by Gasteiger charge is 2.29. The van der Waals surface area contributed by atoms with E-state index in [4.69, 9.17) is 11.6 Å². The van der Waals surface area contributed by atoms with Crippen LogP contribution in [0.2, 0.25) is 0 Å². The average molecular weight is 277 g/mol. The van der Waals surface area contributed by atoms with Crippen molar-refractivity contribution in [3.63, 3.8) is 0 Å². The summed E-state index contributed by atoms with van der Waals surface area (Å²) < 4.78 is 0.689. The van der Waals surface area contributed by atoms with E-state index in [-0.39, 0.29) is 21.3 Å². The Kier molecular flexibility index (Phi) is 2.43. The van der Waals surface area contributed by atoms with E-state index in [1.165, 1.54) is 0 Å². The zero-order valence-corrected chi connectivity index (χ0v) is 10.5. The molecule has 0 atom stereocenters. The molecule has 5 heteroatoms. The second kappa shape index (κ2) is 3.86. The summed E-state index contributed by atoms with van der Waals surface area (Å²) in [6.45, 7) is 0. The van der Waals surface area contributed by atoms with Gasteiger partial charge in [-0.25, -0.2) is 0 Å². The molecule has 88 valence electrons. The number of hydrogen-bond donors (Lipinski definition) is 0. The summed E-state index contributed by atoms with van der Waals surface area (Å²) in [4.78, 5) is 36.1. The molecule has 3 nitrogen and oxygen atoms in total. The highest BCUT2D eigenvalue weighted by molar-refractivity contribution is 7.20. The normalized spacial score (nSPS) is 14.6. The highest BCUT2D eigenvalue weighted by Crippen LogP contribution is 2.28. The minimum atomic E-state index is -0.571. The third-order valence-corrected chi connectivity index (χ3v) is 4.19. The molecule has 0 radical (unpaired) electrons. The van der Waals surface area contributed by atoms with Crippen LogP contribution in [-0.4, -0.2) is 11.6 Å². The van der Waals surface area contributed by atoms with Gasteiger partial charge in [0.15, 0.2) is 11.2 Å². The number of allylic oxidation sites excluding steroid dienone is 2. The lowest BCUT2D eigenvalue weighted by molar-refractivity contribution is 0.0992. The topological polar surface area (TPSA) is 51.2 Å². The quantitative estimate of drug-likeness (QED) is 0.743. The molecule has 0 spiro atoms. The molecule has 0 aliphatic heterocycles. The molecule has 1 aromatic heterocycles. The van der Waals surface area contributed by atoms with E-state index >= 15 is 0 Å². The van der Waals surface area contributed by atoms with Crippen molar-refractivity contribution in [2.24, 2.45) is 0 Å². The maximum atomic E-state index is 12.2. The number of hydrogen-bond acceptors (Lipinski definition) is 4. The molecule has 0 N–H and O–H groups in total.